The van der Waals surface area contributed by atoms with Gasteiger partial charge in [0.05, 0.1) is 12.7 Å². The Kier molecular flexibility index (Phi) is 6.56. The van der Waals surface area contributed by atoms with E-state index in [1.165, 1.54) is 34.6 Å². The number of nitrogens with one attached hydrogen (secondary N) is 1. The van der Waals surface area contributed by atoms with Crippen LogP contribution in [0.25, 0.3) is 10.8 Å². The first-order valence-corrected chi connectivity index (χ1v) is 12.2. The van der Waals surface area contributed by atoms with E-state index in [1.807, 2.05) is 19.1 Å². The van der Waals surface area contributed by atoms with E-state index >= 15 is 0 Å². The van der Waals surface area contributed by atoms with Gasteiger partial charge < -0.3 is 14.8 Å². The van der Waals surface area contributed by atoms with Crippen molar-refractivity contribution < 1.29 is 14.3 Å². The number of esters is 1. The minimum Gasteiger partial charge on any atom is -0.489 e. The highest BCUT2D eigenvalue weighted by atomic mass is 16.5. The second kappa shape index (κ2) is 9.93. The van der Waals surface area contributed by atoms with Gasteiger partial charge in [0.15, 0.2) is 0 Å². The molecule has 0 aromatic heterocycles. The molecule has 0 aliphatic carbocycles. The molecule has 0 fully saturated rings. The Hall–Kier alpha value is -3.63. The first kappa shape index (κ1) is 23.1. The van der Waals surface area contributed by atoms with Gasteiger partial charge in [0.2, 0.25) is 0 Å². The molecule has 0 bridgehead atoms. The highest BCUT2D eigenvalue weighted by molar-refractivity contribution is 5.91. The van der Waals surface area contributed by atoms with Crippen LogP contribution in [0.1, 0.15) is 57.9 Å². The van der Waals surface area contributed by atoms with Crippen LogP contribution in [0.15, 0.2) is 84.9 Å². The quantitative estimate of drug-likeness (QED) is 0.327. The van der Waals surface area contributed by atoms with Gasteiger partial charge >= 0.3 is 5.97 Å². The number of hydrogen-bond acceptors (Lipinski definition) is 4. The molecule has 3 atom stereocenters. The van der Waals surface area contributed by atoms with E-state index in [2.05, 4.69) is 85.0 Å². The molecular weight excluding hydrogens is 434 g/mol. The van der Waals surface area contributed by atoms with Gasteiger partial charge in [0.1, 0.15) is 11.9 Å². The van der Waals surface area contributed by atoms with Crippen LogP contribution >= 0.6 is 0 Å². The van der Waals surface area contributed by atoms with Crippen molar-refractivity contribution in [2.24, 2.45) is 0 Å². The van der Waals surface area contributed by atoms with E-state index in [0.717, 1.165) is 24.3 Å². The van der Waals surface area contributed by atoms with Crippen molar-refractivity contribution in [2.45, 2.75) is 38.3 Å². The third kappa shape index (κ3) is 4.67. The summed E-state index contributed by atoms with van der Waals surface area (Å²) in [6, 6.07) is 29.5. The number of aryl methyl sites for hydroxylation is 1. The Morgan fingerprint density at radius 2 is 1.80 bits per heavy atom. The van der Waals surface area contributed by atoms with Crippen molar-refractivity contribution >= 4 is 16.7 Å². The summed E-state index contributed by atoms with van der Waals surface area (Å²) >= 11 is 0. The minimum absolute atomic E-state index is 0.0351. The molecular formula is C31H31NO3. The van der Waals surface area contributed by atoms with E-state index < -0.39 is 0 Å². The number of benzene rings is 4. The van der Waals surface area contributed by atoms with E-state index in [9.17, 15) is 4.79 Å². The largest absolute Gasteiger partial charge is 0.489 e. The number of ether oxygens (including phenoxy) is 2. The molecule has 4 aromatic rings. The summed E-state index contributed by atoms with van der Waals surface area (Å²) < 4.78 is 11.4. The zero-order chi connectivity index (χ0) is 24.4. The zero-order valence-electron chi connectivity index (χ0n) is 20.5. The van der Waals surface area contributed by atoms with Crippen LogP contribution < -0.4 is 10.1 Å². The fourth-order valence-electron chi connectivity index (χ4n) is 5.22. The standard InChI is InChI=1S/C31H31NO3/c1-20-17-23(15-16-25(20)31(33)34-3)29-18-24(35-30-14-7-6-12-28(29)30)19-32-21(2)26-13-8-10-22-9-4-5-11-27(22)26/h4-17,21,24,29,32H,18-19H2,1-3H3/t21-,24-,29+/m1/s1. The summed E-state index contributed by atoms with van der Waals surface area (Å²) in [6.45, 7) is 4.92. The predicted molar refractivity (Wildman–Crippen MR) is 140 cm³/mol. The first-order valence-electron chi connectivity index (χ1n) is 12.2. The number of rotatable bonds is 6. The predicted octanol–water partition coefficient (Wildman–Crippen LogP) is 6.57. The Morgan fingerprint density at radius 1 is 1.03 bits per heavy atom. The van der Waals surface area contributed by atoms with Crippen molar-refractivity contribution in [3.05, 3.63) is 113 Å². The molecule has 1 aliphatic heterocycles. The maximum atomic E-state index is 12.1. The molecule has 0 radical (unpaired) electrons. The average molecular weight is 466 g/mol. The Labute approximate surface area is 206 Å². The number of carbonyl (C=O) groups is 1. The smallest absolute Gasteiger partial charge is 0.338 e. The second-order valence-electron chi connectivity index (χ2n) is 9.33. The fraction of sp³-hybridized carbons (Fsp3) is 0.258. The number of fused-ring (bicyclic) bond motifs is 2. The molecule has 1 heterocycles. The van der Waals surface area contributed by atoms with Gasteiger partial charge in [-0.15, -0.1) is 0 Å². The molecule has 0 amide bonds. The molecule has 4 aromatic carbocycles. The molecule has 1 aliphatic rings. The summed E-state index contributed by atoms with van der Waals surface area (Å²) in [7, 11) is 1.42. The second-order valence-corrected chi connectivity index (χ2v) is 9.33. The van der Waals surface area contributed by atoms with Crippen molar-refractivity contribution in [1.82, 2.24) is 5.32 Å². The van der Waals surface area contributed by atoms with Gasteiger partial charge in [-0.05, 0) is 59.9 Å². The van der Waals surface area contributed by atoms with Gasteiger partial charge in [-0.1, -0.05) is 72.8 Å². The van der Waals surface area contributed by atoms with Crippen LogP contribution in [0, 0.1) is 6.92 Å². The van der Waals surface area contributed by atoms with Crippen molar-refractivity contribution in [3.8, 4) is 5.75 Å². The molecule has 35 heavy (non-hydrogen) atoms. The van der Waals surface area contributed by atoms with Gasteiger partial charge in [-0.25, -0.2) is 4.79 Å². The van der Waals surface area contributed by atoms with Crippen LogP contribution in [-0.2, 0) is 4.74 Å². The SMILES string of the molecule is COC(=O)c1ccc([C@@H]2C[C@H](CN[C@H](C)c3cccc4ccccc34)Oc3ccccc32)cc1C. The van der Waals surface area contributed by atoms with E-state index in [4.69, 9.17) is 9.47 Å². The number of methoxy groups -OCH3 is 1. The summed E-state index contributed by atoms with van der Waals surface area (Å²) in [4.78, 5) is 12.1. The van der Waals surface area contributed by atoms with Crippen LogP contribution in [-0.4, -0.2) is 25.7 Å². The molecule has 0 unspecified atom stereocenters. The van der Waals surface area contributed by atoms with E-state index in [0.29, 0.717) is 5.56 Å². The summed E-state index contributed by atoms with van der Waals surface area (Å²) in [5, 5.41) is 6.26. The van der Waals surface area contributed by atoms with Crippen LogP contribution in [0.3, 0.4) is 0 Å². The number of carbonyl (C=O) groups excluding carboxylic acids is 1. The third-order valence-corrected chi connectivity index (χ3v) is 7.09. The van der Waals surface area contributed by atoms with Gasteiger partial charge in [-0.2, -0.15) is 0 Å². The highest BCUT2D eigenvalue weighted by Crippen LogP contribution is 2.40. The maximum absolute atomic E-state index is 12.1. The third-order valence-electron chi connectivity index (χ3n) is 7.09. The van der Waals surface area contributed by atoms with E-state index in [-0.39, 0.29) is 24.0 Å². The average Bonchev–Trinajstić information content (AvgIpc) is 2.90. The van der Waals surface area contributed by atoms with E-state index in [1.54, 1.807) is 0 Å². The summed E-state index contributed by atoms with van der Waals surface area (Å²) in [5.74, 6) is 0.832. The molecule has 4 heteroatoms. The lowest BCUT2D eigenvalue weighted by Crippen LogP contribution is -2.37. The Morgan fingerprint density at radius 3 is 2.63 bits per heavy atom. The monoisotopic (exact) mass is 465 g/mol. The Balaban J connectivity index is 1.37. The van der Waals surface area contributed by atoms with Gasteiger partial charge in [0, 0.05) is 24.1 Å². The topological polar surface area (TPSA) is 47.6 Å². The molecule has 0 saturated carbocycles. The molecule has 1 N–H and O–H groups in total. The number of para-hydroxylation sites is 1. The first-order chi connectivity index (χ1) is 17.0. The molecule has 4 nitrogen and oxygen atoms in total. The van der Waals surface area contributed by atoms with Crippen LogP contribution in [0.4, 0.5) is 0 Å². The molecule has 0 spiro atoms. The molecule has 0 saturated heterocycles. The van der Waals surface area contributed by atoms with Crippen LogP contribution in [0.5, 0.6) is 5.75 Å². The zero-order valence-corrected chi connectivity index (χ0v) is 20.5. The van der Waals surface area contributed by atoms with Crippen molar-refractivity contribution in [2.75, 3.05) is 13.7 Å². The Bertz CT molecular complexity index is 1360. The maximum Gasteiger partial charge on any atom is 0.338 e. The van der Waals surface area contributed by atoms with Crippen molar-refractivity contribution in [3.63, 3.8) is 0 Å². The summed E-state index contributed by atoms with van der Waals surface area (Å²) in [6.07, 6.45) is 0.899. The minimum atomic E-state index is -0.300. The normalized spacial score (nSPS) is 17.9. The summed E-state index contributed by atoms with van der Waals surface area (Å²) in [5.41, 5.74) is 5.22. The lowest BCUT2D eigenvalue weighted by molar-refractivity contribution is 0.0600. The van der Waals surface area contributed by atoms with Gasteiger partial charge in [-0.3, -0.25) is 0 Å². The highest BCUT2D eigenvalue weighted by Gasteiger charge is 2.30. The van der Waals surface area contributed by atoms with Crippen molar-refractivity contribution in [1.29, 1.82) is 0 Å². The number of hydrogen-bond donors (Lipinski definition) is 1. The molecule has 5 rings (SSSR count). The lowest BCUT2D eigenvalue weighted by atomic mass is 9.83. The lowest BCUT2D eigenvalue weighted by Gasteiger charge is -2.33. The fourth-order valence-corrected chi connectivity index (χ4v) is 5.22. The van der Waals surface area contributed by atoms with Crippen LogP contribution in [0.2, 0.25) is 0 Å². The van der Waals surface area contributed by atoms with Gasteiger partial charge in [0.25, 0.3) is 0 Å². The molecule has 178 valence electrons.